The monoisotopic (exact) mass is 754 g/mol. The zero-order chi connectivity index (χ0) is 37.0. The summed E-state index contributed by atoms with van der Waals surface area (Å²) in [4.78, 5) is 0. The highest BCUT2D eigenvalue weighted by Gasteiger charge is 2.28. The Balaban J connectivity index is 1.70. The van der Waals surface area contributed by atoms with E-state index in [9.17, 15) is 25.3 Å². The second kappa shape index (κ2) is 14.9. The molecule has 0 fully saturated rings. The lowest BCUT2D eigenvalue weighted by molar-refractivity contribution is 0.241. The van der Waals surface area contributed by atoms with Gasteiger partial charge in [-0.25, -0.2) is 0 Å². The topological polar surface area (TPSA) is 158 Å². The molecule has 268 valence electrons. The third-order valence-electron chi connectivity index (χ3n) is 7.19. The highest BCUT2D eigenvalue weighted by molar-refractivity contribution is 7.86. The van der Waals surface area contributed by atoms with Gasteiger partial charge in [-0.1, -0.05) is 78.9 Å². The van der Waals surface area contributed by atoms with Crippen molar-refractivity contribution in [3.8, 4) is 56.8 Å². The minimum atomic E-state index is -4.19. The van der Waals surface area contributed by atoms with Crippen molar-refractivity contribution < 1.29 is 52.0 Å². The molecule has 0 aliphatic heterocycles. The standard InChI is InChI=1S/C36H34O12S3/c1-43-32-23-29(24-16-19-28(20-17-24)46-49(3,37)38)35(44-2)36(48-51(5,41)42)33(32)27-18-21-30(31(22-27)47-50(4,39)40)45-34(25-12-8-6-9-13-25)26-14-10-7-11-15-26/h6-23,34H,1-5H3. The summed E-state index contributed by atoms with van der Waals surface area (Å²) in [6.07, 6.45) is 2.00. The highest BCUT2D eigenvalue weighted by Crippen LogP contribution is 2.52. The van der Waals surface area contributed by atoms with Gasteiger partial charge in [-0.3, -0.25) is 0 Å². The first kappa shape index (κ1) is 37.0. The molecule has 0 aromatic heterocycles. The fourth-order valence-electron chi connectivity index (χ4n) is 5.26. The summed E-state index contributed by atoms with van der Waals surface area (Å²) < 4.78 is 107. The predicted octanol–water partition coefficient (Wildman–Crippen LogP) is 6.22. The van der Waals surface area contributed by atoms with E-state index in [4.69, 9.17) is 26.8 Å². The van der Waals surface area contributed by atoms with E-state index in [1.165, 1.54) is 38.5 Å². The van der Waals surface area contributed by atoms with E-state index < -0.39 is 36.5 Å². The Morgan fingerprint density at radius 3 is 1.51 bits per heavy atom. The van der Waals surface area contributed by atoms with Gasteiger partial charge in [0.05, 0.1) is 38.6 Å². The molecule has 0 aliphatic rings. The van der Waals surface area contributed by atoms with Gasteiger partial charge in [-0.2, -0.15) is 25.3 Å². The third-order valence-corrected chi connectivity index (χ3v) is 8.64. The molecule has 15 heteroatoms. The molecule has 0 atom stereocenters. The van der Waals surface area contributed by atoms with Crippen molar-refractivity contribution in [1.29, 1.82) is 0 Å². The van der Waals surface area contributed by atoms with Crippen molar-refractivity contribution in [2.75, 3.05) is 33.0 Å². The summed E-state index contributed by atoms with van der Waals surface area (Å²) in [6, 6.07) is 30.6. The van der Waals surface area contributed by atoms with Crippen LogP contribution in [0.3, 0.4) is 0 Å². The molecule has 5 aromatic rings. The van der Waals surface area contributed by atoms with Crippen LogP contribution in [0, 0.1) is 0 Å². The Kier molecular flexibility index (Phi) is 10.8. The van der Waals surface area contributed by atoms with Crippen molar-refractivity contribution in [3.63, 3.8) is 0 Å². The van der Waals surface area contributed by atoms with Gasteiger partial charge in [0, 0.05) is 5.56 Å². The van der Waals surface area contributed by atoms with E-state index in [2.05, 4.69) is 0 Å². The van der Waals surface area contributed by atoms with Crippen LogP contribution in [-0.4, -0.2) is 58.2 Å². The second-order valence-electron chi connectivity index (χ2n) is 11.2. The zero-order valence-corrected chi connectivity index (χ0v) is 30.5. The first-order chi connectivity index (χ1) is 24.0. The average molecular weight is 755 g/mol. The van der Waals surface area contributed by atoms with Crippen molar-refractivity contribution in [2.45, 2.75) is 6.10 Å². The van der Waals surface area contributed by atoms with Crippen molar-refractivity contribution in [3.05, 3.63) is 120 Å². The maximum absolute atomic E-state index is 12.7. The Hall–Kier alpha value is -5.25. The van der Waals surface area contributed by atoms with Gasteiger partial charge in [0.1, 0.15) is 17.6 Å². The van der Waals surface area contributed by atoms with E-state index >= 15 is 0 Å². The minimum Gasteiger partial charge on any atom is -0.496 e. The molecule has 0 amide bonds. The summed E-state index contributed by atoms with van der Waals surface area (Å²) >= 11 is 0. The number of methoxy groups -OCH3 is 2. The average Bonchev–Trinajstić information content (AvgIpc) is 3.06. The molecule has 0 N–H and O–H groups in total. The van der Waals surface area contributed by atoms with Crippen LogP contribution in [0.5, 0.6) is 34.5 Å². The molecule has 0 spiro atoms. The molecule has 51 heavy (non-hydrogen) atoms. The molecule has 0 saturated carbocycles. The third kappa shape index (κ3) is 9.51. The molecular weight excluding hydrogens is 721 g/mol. The second-order valence-corrected chi connectivity index (χ2v) is 16.0. The lowest BCUT2D eigenvalue weighted by Crippen LogP contribution is -2.12. The minimum absolute atomic E-state index is 0.0212. The summed E-state index contributed by atoms with van der Waals surface area (Å²) in [6.45, 7) is 0. The SMILES string of the molecule is COc1cc(-c2ccc(OS(C)(=O)=O)cc2)c(OC)c(OS(C)(=O)=O)c1-c1ccc(OC(c2ccccc2)c2ccccc2)c(OS(C)(=O)=O)c1. The van der Waals surface area contributed by atoms with E-state index in [0.717, 1.165) is 29.9 Å². The number of rotatable bonds is 14. The largest absolute Gasteiger partial charge is 0.496 e. The Bertz CT molecular complexity index is 2310. The van der Waals surface area contributed by atoms with Gasteiger partial charge in [-0.15, -0.1) is 0 Å². The lowest BCUT2D eigenvalue weighted by atomic mass is 9.96. The van der Waals surface area contributed by atoms with Crippen molar-refractivity contribution in [2.24, 2.45) is 0 Å². The van der Waals surface area contributed by atoms with E-state index in [-0.39, 0.29) is 45.6 Å². The molecule has 0 radical (unpaired) electrons. The van der Waals surface area contributed by atoms with Crippen molar-refractivity contribution >= 4 is 30.4 Å². The van der Waals surface area contributed by atoms with E-state index in [0.29, 0.717) is 11.1 Å². The smallest absolute Gasteiger partial charge is 0.306 e. The van der Waals surface area contributed by atoms with Gasteiger partial charge in [0.25, 0.3) is 0 Å². The molecule has 0 aliphatic carbocycles. The number of ether oxygens (including phenoxy) is 3. The van der Waals surface area contributed by atoms with Crippen LogP contribution in [0.1, 0.15) is 17.2 Å². The Morgan fingerprint density at radius 1 is 0.490 bits per heavy atom. The number of hydrogen-bond acceptors (Lipinski definition) is 12. The van der Waals surface area contributed by atoms with Gasteiger partial charge >= 0.3 is 30.4 Å². The molecular formula is C36H34O12S3. The van der Waals surface area contributed by atoms with Crippen molar-refractivity contribution in [1.82, 2.24) is 0 Å². The summed E-state index contributed by atoms with van der Waals surface area (Å²) in [5.74, 6) is -0.233. The molecule has 5 rings (SSSR count). The molecule has 0 heterocycles. The highest BCUT2D eigenvalue weighted by atomic mass is 32.2. The molecule has 0 unspecified atom stereocenters. The molecule has 0 bridgehead atoms. The molecule has 12 nitrogen and oxygen atoms in total. The molecule has 5 aromatic carbocycles. The van der Waals surface area contributed by atoms with Gasteiger partial charge < -0.3 is 26.8 Å². The summed E-state index contributed by atoms with van der Waals surface area (Å²) in [7, 11) is -9.40. The first-order valence-corrected chi connectivity index (χ1v) is 20.5. The van der Waals surface area contributed by atoms with Gasteiger partial charge in [-0.05, 0) is 52.6 Å². The van der Waals surface area contributed by atoms with E-state index in [1.54, 1.807) is 24.3 Å². The predicted molar refractivity (Wildman–Crippen MR) is 192 cm³/mol. The van der Waals surface area contributed by atoms with E-state index in [1.807, 2.05) is 60.7 Å². The fraction of sp³-hybridized carbons (Fsp3) is 0.167. The van der Waals surface area contributed by atoms with Crippen LogP contribution < -0.4 is 26.8 Å². The number of benzene rings is 5. The fourth-order valence-corrected chi connectivity index (χ4v) is 6.64. The summed E-state index contributed by atoms with van der Waals surface area (Å²) in [5, 5.41) is 0. The Labute approximate surface area is 297 Å². The van der Waals surface area contributed by atoms with Crippen LogP contribution >= 0.6 is 0 Å². The maximum atomic E-state index is 12.7. The van der Waals surface area contributed by atoms with Crippen LogP contribution in [0.15, 0.2) is 109 Å². The molecule has 0 saturated heterocycles. The van der Waals surface area contributed by atoms with Crippen LogP contribution in [0.2, 0.25) is 0 Å². The number of hydrogen-bond donors (Lipinski definition) is 0. The van der Waals surface area contributed by atoms with Gasteiger partial charge in [0.15, 0.2) is 23.0 Å². The van der Waals surface area contributed by atoms with Crippen LogP contribution in [0.4, 0.5) is 0 Å². The summed E-state index contributed by atoms with van der Waals surface area (Å²) in [5.41, 5.74) is 2.69. The van der Waals surface area contributed by atoms with Gasteiger partial charge in [0.2, 0.25) is 0 Å². The maximum Gasteiger partial charge on any atom is 0.306 e. The Morgan fingerprint density at radius 2 is 1.02 bits per heavy atom. The quantitative estimate of drug-likeness (QED) is 0.118. The van der Waals surface area contributed by atoms with Crippen LogP contribution in [0.25, 0.3) is 22.3 Å². The lowest BCUT2D eigenvalue weighted by Gasteiger charge is -2.23. The first-order valence-electron chi connectivity index (χ1n) is 15.0. The normalized spacial score (nSPS) is 11.9. The zero-order valence-electron chi connectivity index (χ0n) is 28.1. The van der Waals surface area contributed by atoms with Crippen LogP contribution in [-0.2, 0) is 30.4 Å².